The van der Waals surface area contributed by atoms with Gasteiger partial charge in [-0.25, -0.2) is 0 Å². The minimum Gasteiger partial charge on any atom is -0.481 e. The second-order valence-corrected chi connectivity index (χ2v) is 9.60. The molecule has 0 spiro atoms. The Morgan fingerprint density at radius 2 is 0.973 bits per heavy atom. The van der Waals surface area contributed by atoms with Crippen LogP contribution in [0.25, 0.3) is 0 Å². The molecule has 0 aromatic carbocycles. The fourth-order valence-corrected chi connectivity index (χ4v) is 3.95. The van der Waals surface area contributed by atoms with Crippen molar-refractivity contribution in [1.29, 1.82) is 0 Å². The summed E-state index contributed by atoms with van der Waals surface area (Å²) in [4.78, 5) is 44.7. The zero-order valence-electron chi connectivity index (χ0n) is 23.2. The summed E-state index contributed by atoms with van der Waals surface area (Å²) in [6, 6.07) is 0. The van der Waals surface area contributed by atoms with Gasteiger partial charge in [-0.3, -0.25) is 19.2 Å². The number of nitrogens with one attached hydrogen (secondary N) is 2. The van der Waals surface area contributed by atoms with Gasteiger partial charge >= 0.3 is 11.9 Å². The maximum atomic E-state index is 11.9. The van der Waals surface area contributed by atoms with Gasteiger partial charge in [-0.05, 0) is 19.3 Å². The number of rotatable bonds is 27. The van der Waals surface area contributed by atoms with Crippen LogP contribution in [0.3, 0.4) is 0 Å². The molecule has 0 aliphatic carbocycles. The Labute approximate surface area is 223 Å². The number of amides is 2. The van der Waals surface area contributed by atoms with Crippen LogP contribution < -0.4 is 10.6 Å². The summed E-state index contributed by atoms with van der Waals surface area (Å²) in [6.07, 6.45) is 18.1. The minimum absolute atomic E-state index is 0.0588. The molecule has 37 heavy (non-hydrogen) atoms. The number of carboxylic acid groups (broad SMARTS) is 1. The second-order valence-electron chi connectivity index (χ2n) is 9.60. The normalized spacial score (nSPS) is 10.7. The Morgan fingerprint density at radius 1 is 0.541 bits per heavy atom. The zero-order valence-corrected chi connectivity index (χ0v) is 23.2. The quantitative estimate of drug-likeness (QED) is 0.102. The van der Waals surface area contributed by atoms with Gasteiger partial charge in [0.15, 0.2) is 0 Å². The van der Waals surface area contributed by atoms with Gasteiger partial charge in [0.1, 0.15) is 6.61 Å². The summed E-state index contributed by atoms with van der Waals surface area (Å²) in [6.45, 7) is 3.15. The van der Waals surface area contributed by atoms with E-state index >= 15 is 0 Å². The van der Waals surface area contributed by atoms with Crippen molar-refractivity contribution in [3.63, 3.8) is 0 Å². The van der Waals surface area contributed by atoms with Crippen LogP contribution in [0.5, 0.6) is 0 Å². The van der Waals surface area contributed by atoms with Crippen molar-refractivity contribution in [1.82, 2.24) is 10.6 Å². The van der Waals surface area contributed by atoms with Gasteiger partial charge in [-0.15, -0.1) is 0 Å². The van der Waals surface area contributed by atoms with Crippen LogP contribution in [0.2, 0.25) is 0 Å². The van der Waals surface area contributed by atoms with Crippen molar-refractivity contribution in [2.75, 3.05) is 32.9 Å². The number of hydrogen-bond acceptors (Lipinski definition) is 6. The molecule has 0 aliphatic rings. The van der Waals surface area contributed by atoms with Gasteiger partial charge in [-0.2, -0.15) is 0 Å². The molecule has 0 heterocycles. The monoisotopic (exact) mass is 528 g/mol. The van der Waals surface area contributed by atoms with E-state index in [0.717, 1.165) is 32.1 Å². The molecule has 3 N–H and O–H groups in total. The molecule has 0 atom stereocenters. The highest BCUT2D eigenvalue weighted by Crippen LogP contribution is 2.13. The molecule has 0 rings (SSSR count). The van der Waals surface area contributed by atoms with Crippen LogP contribution in [0, 0.1) is 0 Å². The first-order valence-electron chi connectivity index (χ1n) is 14.4. The van der Waals surface area contributed by atoms with Gasteiger partial charge in [0.2, 0.25) is 11.8 Å². The third kappa shape index (κ3) is 30.0. The summed E-state index contributed by atoms with van der Waals surface area (Å²) < 4.78 is 9.98. The molecule has 0 aromatic heterocycles. The molecule has 0 bridgehead atoms. The summed E-state index contributed by atoms with van der Waals surface area (Å²) in [7, 11) is 0. The molecular weight excluding hydrogens is 476 g/mol. The SMILES string of the molecule is CC(=O)OCCOCCNC(=O)CCCNC(=O)CCCCCCCCCCCCCCCCC(=O)O. The van der Waals surface area contributed by atoms with Crippen LogP contribution in [0.15, 0.2) is 0 Å². The first kappa shape index (κ1) is 34.8. The Kier molecular flexibility index (Phi) is 25.3. The first-order valence-corrected chi connectivity index (χ1v) is 14.4. The molecule has 0 fully saturated rings. The highest BCUT2D eigenvalue weighted by molar-refractivity contribution is 5.77. The molecule has 0 unspecified atom stereocenters. The highest BCUT2D eigenvalue weighted by atomic mass is 16.6. The van der Waals surface area contributed by atoms with Gasteiger partial charge in [0, 0.05) is 39.3 Å². The predicted molar refractivity (Wildman–Crippen MR) is 144 cm³/mol. The van der Waals surface area contributed by atoms with Crippen molar-refractivity contribution in [3.05, 3.63) is 0 Å². The molecule has 0 saturated heterocycles. The Hall–Kier alpha value is -2.16. The van der Waals surface area contributed by atoms with Crippen LogP contribution >= 0.6 is 0 Å². The molecule has 0 aromatic rings. The van der Waals surface area contributed by atoms with Crippen LogP contribution in [0.1, 0.15) is 122 Å². The van der Waals surface area contributed by atoms with Gasteiger partial charge < -0.3 is 25.2 Å². The average molecular weight is 529 g/mol. The number of carbonyl (C=O) groups is 4. The average Bonchev–Trinajstić information content (AvgIpc) is 2.85. The topological polar surface area (TPSA) is 131 Å². The van der Waals surface area contributed by atoms with E-state index in [-0.39, 0.29) is 24.4 Å². The number of aliphatic carboxylic acids is 1. The number of esters is 1. The van der Waals surface area contributed by atoms with E-state index in [0.29, 0.717) is 52.0 Å². The van der Waals surface area contributed by atoms with Crippen molar-refractivity contribution < 1.29 is 33.8 Å². The first-order chi connectivity index (χ1) is 17.9. The molecular formula is C28H52N2O7. The fourth-order valence-electron chi connectivity index (χ4n) is 3.95. The van der Waals surface area contributed by atoms with Crippen LogP contribution in [-0.2, 0) is 28.7 Å². The Balaban J connectivity index is 3.28. The summed E-state index contributed by atoms with van der Waals surface area (Å²) in [5.41, 5.74) is 0. The molecule has 0 radical (unpaired) electrons. The highest BCUT2D eigenvalue weighted by Gasteiger charge is 2.04. The molecule has 9 heteroatoms. The lowest BCUT2D eigenvalue weighted by atomic mass is 10.0. The van der Waals surface area contributed by atoms with E-state index in [4.69, 9.17) is 14.6 Å². The number of carboxylic acids is 1. The lowest BCUT2D eigenvalue weighted by Crippen LogP contribution is -2.29. The zero-order chi connectivity index (χ0) is 27.4. The van der Waals surface area contributed by atoms with E-state index in [1.165, 1.54) is 64.7 Å². The smallest absolute Gasteiger partial charge is 0.303 e. The molecule has 0 aliphatic heterocycles. The third-order valence-corrected chi connectivity index (χ3v) is 6.05. The Bertz CT molecular complexity index is 599. The third-order valence-electron chi connectivity index (χ3n) is 6.05. The van der Waals surface area contributed by atoms with Crippen LogP contribution in [-0.4, -0.2) is 61.8 Å². The molecule has 216 valence electrons. The standard InChI is InChI=1S/C28H52N2O7/c1-25(31)37-24-23-36-22-21-30-27(33)18-16-20-29-26(32)17-14-12-10-8-6-4-2-3-5-7-9-11-13-15-19-28(34)35/h2-24H2,1H3,(H,29,32)(H,30,33)(H,34,35). The largest absolute Gasteiger partial charge is 0.481 e. The number of hydrogen-bond donors (Lipinski definition) is 3. The fraction of sp³-hybridized carbons (Fsp3) is 0.857. The van der Waals surface area contributed by atoms with Gasteiger partial charge in [0.05, 0.1) is 13.2 Å². The second kappa shape index (κ2) is 26.9. The number of ether oxygens (including phenoxy) is 2. The lowest BCUT2D eigenvalue weighted by Gasteiger charge is -2.07. The molecule has 2 amide bonds. The predicted octanol–water partition coefficient (Wildman–Crippen LogP) is 4.90. The molecule has 9 nitrogen and oxygen atoms in total. The van der Waals surface area contributed by atoms with Crippen molar-refractivity contribution in [2.24, 2.45) is 0 Å². The summed E-state index contributed by atoms with van der Waals surface area (Å²) in [5.74, 6) is -1.03. The van der Waals surface area contributed by atoms with E-state index in [1.807, 2.05) is 0 Å². The minimum atomic E-state index is -0.688. The van der Waals surface area contributed by atoms with Crippen molar-refractivity contribution in [2.45, 2.75) is 122 Å². The summed E-state index contributed by atoms with van der Waals surface area (Å²) in [5, 5.41) is 14.2. The van der Waals surface area contributed by atoms with E-state index in [9.17, 15) is 19.2 Å². The maximum absolute atomic E-state index is 11.9. The Morgan fingerprint density at radius 3 is 1.46 bits per heavy atom. The molecule has 0 saturated carbocycles. The van der Waals surface area contributed by atoms with Crippen LogP contribution in [0.4, 0.5) is 0 Å². The van der Waals surface area contributed by atoms with Gasteiger partial charge in [0.25, 0.3) is 0 Å². The number of unbranched alkanes of at least 4 members (excludes halogenated alkanes) is 13. The van der Waals surface area contributed by atoms with Crippen molar-refractivity contribution >= 4 is 23.8 Å². The van der Waals surface area contributed by atoms with Crippen molar-refractivity contribution in [3.8, 4) is 0 Å². The van der Waals surface area contributed by atoms with Gasteiger partial charge in [-0.1, -0.05) is 77.0 Å². The maximum Gasteiger partial charge on any atom is 0.303 e. The van der Waals surface area contributed by atoms with E-state index < -0.39 is 5.97 Å². The summed E-state index contributed by atoms with van der Waals surface area (Å²) >= 11 is 0. The lowest BCUT2D eigenvalue weighted by molar-refractivity contribution is -0.142. The number of carbonyl (C=O) groups excluding carboxylic acids is 3. The van der Waals surface area contributed by atoms with E-state index in [1.54, 1.807) is 0 Å². The van der Waals surface area contributed by atoms with E-state index in [2.05, 4.69) is 10.6 Å².